The van der Waals surface area contributed by atoms with Crippen LogP contribution in [0.5, 0.6) is 0 Å². The first-order chi connectivity index (χ1) is 9.38. The Morgan fingerprint density at radius 1 is 1.55 bits per heavy atom. The first kappa shape index (κ1) is 15.1. The Kier molecular flexibility index (Phi) is 4.52. The molecular weight excluding hydrogens is 304 g/mol. The highest BCUT2D eigenvalue weighted by molar-refractivity contribution is 7.16. The van der Waals surface area contributed by atoms with Gasteiger partial charge < -0.3 is 20.0 Å². The number of likely N-dealkylation sites (tertiary alicyclic amines) is 1. The van der Waals surface area contributed by atoms with Gasteiger partial charge in [-0.3, -0.25) is 0 Å². The van der Waals surface area contributed by atoms with Crippen LogP contribution in [0.4, 0.5) is 4.79 Å². The SMILES string of the molecule is CN(Cc1ccc(Cl)s1)C(=O)N1C[C@@H](O)C[C@H]1C(=O)O. The quantitative estimate of drug-likeness (QED) is 0.884. The summed E-state index contributed by atoms with van der Waals surface area (Å²) in [6, 6.07) is 2.20. The molecule has 6 nitrogen and oxygen atoms in total. The van der Waals surface area contributed by atoms with E-state index in [-0.39, 0.29) is 13.0 Å². The summed E-state index contributed by atoms with van der Waals surface area (Å²) in [4.78, 5) is 26.9. The predicted molar refractivity (Wildman–Crippen MR) is 74.9 cm³/mol. The number of carboxylic acids is 1. The van der Waals surface area contributed by atoms with Crippen molar-refractivity contribution in [1.29, 1.82) is 0 Å². The molecule has 0 radical (unpaired) electrons. The van der Waals surface area contributed by atoms with Crippen LogP contribution >= 0.6 is 22.9 Å². The first-order valence-electron chi connectivity index (χ1n) is 6.05. The molecule has 2 heterocycles. The maximum atomic E-state index is 12.3. The number of aliphatic hydroxyl groups excluding tert-OH is 1. The summed E-state index contributed by atoms with van der Waals surface area (Å²) >= 11 is 7.20. The van der Waals surface area contributed by atoms with Gasteiger partial charge in [0.2, 0.25) is 0 Å². The molecule has 2 atom stereocenters. The molecular formula is C12H15ClN2O4S. The Hall–Kier alpha value is -1.31. The lowest BCUT2D eigenvalue weighted by atomic mass is 10.2. The van der Waals surface area contributed by atoms with E-state index in [0.717, 1.165) is 4.88 Å². The van der Waals surface area contributed by atoms with Crippen LogP contribution in [0, 0.1) is 0 Å². The minimum Gasteiger partial charge on any atom is -0.480 e. The van der Waals surface area contributed by atoms with E-state index in [9.17, 15) is 14.7 Å². The fourth-order valence-electron chi connectivity index (χ4n) is 2.22. The van der Waals surface area contributed by atoms with Crippen molar-refractivity contribution in [3.63, 3.8) is 0 Å². The first-order valence-corrected chi connectivity index (χ1v) is 7.24. The van der Waals surface area contributed by atoms with Crippen molar-refractivity contribution < 1.29 is 19.8 Å². The molecule has 0 spiro atoms. The van der Waals surface area contributed by atoms with Crippen molar-refractivity contribution in [3.8, 4) is 0 Å². The number of β-amino-alcohol motifs (C(OH)–C–C–N with tert-alkyl or cyclic N) is 1. The van der Waals surface area contributed by atoms with Gasteiger partial charge >= 0.3 is 12.0 Å². The number of nitrogens with zero attached hydrogens (tertiary/aromatic N) is 2. The molecule has 0 aliphatic carbocycles. The molecule has 1 aliphatic heterocycles. The maximum absolute atomic E-state index is 12.3. The molecule has 2 rings (SSSR count). The zero-order valence-electron chi connectivity index (χ0n) is 10.8. The van der Waals surface area contributed by atoms with Crippen molar-refractivity contribution in [2.75, 3.05) is 13.6 Å². The van der Waals surface area contributed by atoms with Gasteiger partial charge in [-0.05, 0) is 12.1 Å². The molecule has 1 fully saturated rings. The van der Waals surface area contributed by atoms with Gasteiger partial charge in [0.25, 0.3) is 0 Å². The van der Waals surface area contributed by atoms with Gasteiger partial charge in [-0.2, -0.15) is 0 Å². The summed E-state index contributed by atoms with van der Waals surface area (Å²) < 4.78 is 0.640. The van der Waals surface area contributed by atoms with Crippen LogP contribution in [0.1, 0.15) is 11.3 Å². The second-order valence-corrected chi connectivity index (χ2v) is 6.54. The third-order valence-electron chi connectivity index (χ3n) is 3.16. The lowest BCUT2D eigenvalue weighted by molar-refractivity contribution is -0.141. The molecule has 1 saturated heterocycles. The smallest absolute Gasteiger partial charge is 0.326 e. The summed E-state index contributed by atoms with van der Waals surface area (Å²) in [5.74, 6) is -1.09. The number of hydrogen-bond donors (Lipinski definition) is 2. The normalized spacial score (nSPS) is 22.1. The van der Waals surface area contributed by atoms with E-state index < -0.39 is 24.1 Å². The molecule has 8 heteroatoms. The Labute approximate surface area is 125 Å². The van der Waals surface area contributed by atoms with Gasteiger partial charge in [0.05, 0.1) is 17.0 Å². The van der Waals surface area contributed by atoms with Crippen molar-refractivity contribution >= 4 is 34.9 Å². The number of urea groups is 1. The van der Waals surface area contributed by atoms with Crippen LogP contribution in [0.15, 0.2) is 12.1 Å². The monoisotopic (exact) mass is 318 g/mol. The van der Waals surface area contributed by atoms with Crippen molar-refractivity contribution in [2.45, 2.75) is 25.1 Å². The predicted octanol–water partition coefficient (Wildman–Crippen LogP) is 1.47. The number of carbonyl (C=O) groups is 2. The minimum absolute atomic E-state index is 0.0470. The molecule has 0 bridgehead atoms. The Bertz CT molecular complexity index is 521. The van der Waals surface area contributed by atoms with Crippen molar-refractivity contribution in [2.24, 2.45) is 0 Å². The van der Waals surface area contributed by atoms with Crippen LogP contribution in [-0.2, 0) is 11.3 Å². The van der Waals surface area contributed by atoms with Crippen molar-refractivity contribution in [3.05, 3.63) is 21.3 Å². The largest absolute Gasteiger partial charge is 0.480 e. The highest BCUT2D eigenvalue weighted by atomic mass is 35.5. The fraction of sp³-hybridized carbons (Fsp3) is 0.500. The highest BCUT2D eigenvalue weighted by Crippen LogP contribution is 2.24. The summed E-state index contributed by atoms with van der Waals surface area (Å²) in [6.07, 6.45) is -0.718. The molecule has 0 unspecified atom stereocenters. The van der Waals surface area contributed by atoms with E-state index in [0.29, 0.717) is 10.9 Å². The van der Waals surface area contributed by atoms with Gasteiger partial charge in [-0.25, -0.2) is 9.59 Å². The van der Waals surface area contributed by atoms with E-state index in [4.69, 9.17) is 16.7 Å². The maximum Gasteiger partial charge on any atom is 0.326 e. The number of carboxylic acid groups (broad SMARTS) is 1. The number of carbonyl (C=O) groups excluding carboxylic acids is 1. The topological polar surface area (TPSA) is 81.1 Å². The van der Waals surface area contributed by atoms with E-state index in [1.165, 1.54) is 21.1 Å². The molecule has 0 saturated carbocycles. The summed E-state index contributed by atoms with van der Waals surface area (Å²) in [5.41, 5.74) is 0. The lowest BCUT2D eigenvalue weighted by Crippen LogP contribution is -2.46. The number of amides is 2. The zero-order valence-corrected chi connectivity index (χ0v) is 12.4. The summed E-state index contributed by atoms with van der Waals surface area (Å²) in [5, 5.41) is 18.6. The lowest BCUT2D eigenvalue weighted by Gasteiger charge is -2.27. The number of thiophene rings is 1. The van der Waals surface area contributed by atoms with E-state index >= 15 is 0 Å². The van der Waals surface area contributed by atoms with Gasteiger partial charge in [0.15, 0.2) is 0 Å². The fourth-order valence-corrected chi connectivity index (χ4v) is 3.36. The van der Waals surface area contributed by atoms with Crippen LogP contribution in [0.25, 0.3) is 0 Å². The average molecular weight is 319 g/mol. The van der Waals surface area contributed by atoms with Crippen LogP contribution in [0.3, 0.4) is 0 Å². The number of rotatable bonds is 3. The number of aliphatic carboxylic acids is 1. The number of aliphatic hydroxyl groups is 1. The zero-order chi connectivity index (χ0) is 14.9. The summed E-state index contributed by atoms with van der Waals surface area (Å²) in [7, 11) is 1.60. The molecule has 1 aromatic heterocycles. The van der Waals surface area contributed by atoms with E-state index in [1.54, 1.807) is 13.1 Å². The Balaban J connectivity index is 2.04. The third kappa shape index (κ3) is 3.23. The van der Waals surface area contributed by atoms with Gasteiger partial charge in [-0.1, -0.05) is 11.6 Å². The number of hydrogen-bond acceptors (Lipinski definition) is 4. The van der Waals surface area contributed by atoms with Crippen LogP contribution in [-0.4, -0.2) is 57.8 Å². The Morgan fingerprint density at radius 3 is 2.80 bits per heavy atom. The standard InChI is InChI=1S/C12H15ClN2O4S/c1-14(6-8-2-3-10(13)20-8)12(19)15-5-7(16)4-9(15)11(17)18/h2-3,7,9,16H,4-6H2,1H3,(H,17,18)/t7-,9-/m0/s1. The number of halogens is 1. The van der Waals surface area contributed by atoms with E-state index in [2.05, 4.69) is 0 Å². The third-order valence-corrected chi connectivity index (χ3v) is 4.37. The molecule has 2 amide bonds. The second-order valence-electron chi connectivity index (χ2n) is 4.74. The highest BCUT2D eigenvalue weighted by Gasteiger charge is 2.40. The average Bonchev–Trinajstić information content (AvgIpc) is 2.94. The van der Waals surface area contributed by atoms with Crippen LogP contribution in [0.2, 0.25) is 4.34 Å². The van der Waals surface area contributed by atoms with Crippen LogP contribution < -0.4 is 0 Å². The van der Waals surface area contributed by atoms with Gasteiger partial charge in [-0.15, -0.1) is 11.3 Å². The van der Waals surface area contributed by atoms with Crippen molar-refractivity contribution in [1.82, 2.24) is 9.80 Å². The molecule has 1 aliphatic rings. The second kappa shape index (κ2) is 5.99. The van der Waals surface area contributed by atoms with Gasteiger partial charge in [0.1, 0.15) is 6.04 Å². The van der Waals surface area contributed by atoms with E-state index in [1.807, 2.05) is 6.07 Å². The Morgan fingerprint density at radius 2 is 2.25 bits per heavy atom. The molecule has 2 N–H and O–H groups in total. The summed E-state index contributed by atoms with van der Waals surface area (Å²) in [6.45, 7) is 0.403. The minimum atomic E-state index is -1.09. The van der Waals surface area contributed by atoms with Gasteiger partial charge in [0, 0.05) is 24.9 Å². The molecule has 110 valence electrons. The molecule has 20 heavy (non-hydrogen) atoms. The molecule has 0 aromatic carbocycles. The molecule has 1 aromatic rings.